The largest absolute Gasteiger partial charge is 0.367 e. The van der Waals surface area contributed by atoms with E-state index in [1.54, 1.807) is 22.0 Å². The number of nitrogens with one attached hydrogen (secondary N) is 1. The number of hydrogen-bond donors (Lipinski definition) is 1. The van der Waals surface area contributed by atoms with Gasteiger partial charge < -0.3 is 5.32 Å². The van der Waals surface area contributed by atoms with Crippen LogP contribution in [0.2, 0.25) is 0 Å². The minimum atomic E-state index is -3.12. The molecule has 154 valence electrons. The second-order valence-corrected chi connectivity index (χ2v) is 10.5. The lowest BCUT2D eigenvalue weighted by Crippen LogP contribution is -2.43. The van der Waals surface area contributed by atoms with Crippen molar-refractivity contribution < 1.29 is 8.42 Å². The normalized spacial score (nSPS) is 16.3. The molecule has 0 aliphatic carbocycles. The van der Waals surface area contributed by atoms with Crippen molar-refractivity contribution in [3.05, 3.63) is 41.5 Å². The fraction of sp³-hybridized carbons (Fsp3) is 0.429. The van der Waals surface area contributed by atoms with Crippen molar-refractivity contribution in [3.63, 3.8) is 0 Å². The van der Waals surface area contributed by atoms with Crippen LogP contribution in [-0.4, -0.2) is 47.6 Å². The lowest BCUT2D eigenvalue weighted by molar-refractivity contribution is 0.329. The number of fused-ring (bicyclic) bond motifs is 1. The standard InChI is InChI=1S/C21H26N4O2S2/c1-3-12-29(26,27)25-10-8-17(9-11-25)24-20-19-18(13-28-21(19)23-14-22-20)16-6-4-15(2)5-7-16/h4-7,13-14,17H,3,8-12H2,1-2H3,(H,22,23,24). The van der Waals surface area contributed by atoms with Crippen LogP contribution in [0.3, 0.4) is 0 Å². The summed E-state index contributed by atoms with van der Waals surface area (Å²) in [6.07, 6.45) is 3.80. The summed E-state index contributed by atoms with van der Waals surface area (Å²) in [7, 11) is -3.12. The van der Waals surface area contributed by atoms with Gasteiger partial charge >= 0.3 is 0 Å². The number of hydrogen-bond acceptors (Lipinski definition) is 6. The van der Waals surface area contributed by atoms with Crippen molar-refractivity contribution in [2.24, 2.45) is 0 Å². The number of anilines is 1. The molecule has 4 rings (SSSR count). The van der Waals surface area contributed by atoms with Crippen LogP contribution in [0.15, 0.2) is 36.0 Å². The molecule has 0 radical (unpaired) electrons. The molecule has 0 saturated carbocycles. The van der Waals surface area contributed by atoms with Gasteiger partial charge in [-0.2, -0.15) is 0 Å². The highest BCUT2D eigenvalue weighted by Gasteiger charge is 2.28. The van der Waals surface area contributed by atoms with Crippen molar-refractivity contribution in [2.75, 3.05) is 24.2 Å². The van der Waals surface area contributed by atoms with Crippen LogP contribution in [0, 0.1) is 6.92 Å². The Kier molecular flexibility index (Phi) is 5.85. The van der Waals surface area contributed by atoms with Crippen LogP contribution in [-0.2, 0) is 10.0 Å². The van der Waals surface area contributed by atoms with Crippen LogP contribution < -0.4 is 5.32 Å². The van der Waals surface area contributed by atoms with Gasteiger partial charge in [0.25, 0.3) is 0 Å². The second kappa shape index (κ2) is 8.38. The minimum Gasteiger partial charge on any atom is -0.367 e. The highest BCUT2D eigenvalue weighted by Crippen LogP contribution is 2.37. The molecule has 3 heterocycles. The molecule has 1 aliphatic heterocycles. The summed E-state index contributed by atoms with van der Waals surface area (Å²) in [6.45, 7) is 5.10. The van der Waals surface area contributed by atoms with Crippen LogP contribution in [0.5, 0.6) is 0 Å². The molecule has 8 heteroatoms. The predicted octanol–water partition coefficient (Wildman–Crippen LogP) is 4.28. The molecule has 6 nitrogen and oxygen atoms in total. The van der Waals surface area contributed by atoms with E-state index in [-0.39, 0.29) is 11.8 Å². The molecular formula is C21H26N4O2S2. The van der Waals surface area contributed by atoms with Gasteiger partial charge in [-0.15, -0.1) is 11.3 Å². The molecule has 1 fully saturated rings. The Balaban J connectivity index is 1.55. The van der Waals surface area contributed by atoms with Crippen LogP contribution in [0.1, 0.15) is 31.7 Å². The molecule has 2 aromatic heterocycles. The van der Waals surface area contributed by atoms with Gasteiger partial charge in [-0.1, -0.05) is 36.8 Å². The molecule has 3 aromatic rings. The van der Waals surface area contributed by atoms with Gasteiger partial charge in [-0.3, -0.25) is 0 Å². The molecular weight excluding hydrogens is 404 g/mol. The van der Waals surface area contributed by atoms with E-state index < -0.39 is 10.0 Å². The van der Waals surface area contributed by atoms with Crippen molar-refractivity contribution in [1.29, 1.82) is 0 Å². The summed E-state index contributed by atoms with van der Waals surface area (Å²) in [5.41, 5.74) is 3.52. The highest BCUT2D eigenvalue weighted by molar-refractivity contribution is 7.89. The average Bonchev–Trinajstić information content (AvgIpc) is 3.14. The van der Waals surface area contributed by atoms with Gasteiger partial charge in [0.15, 0.2) is 0 Å². The van der Waals surface area contributed by atoms with E-state index in [4.69, 9.17) is 0 Å². The summed E-state index contributed by atoms with van der Waals surface area (Å²) in [6, 6.07) is 8.69. The zero-order chi connectivity index (χ0) is 20.4. The predicted molar refractivity (Wildman–Crippen MR) is 120 cm³/mol. The maximum atomic E-state index is 12.3. The molecule has 0 unspecified atom stereocenters. The molecule has 1 aliphatic rings. The smallest absolute Gasteiger partial charge is 0.214 e. The fourth-order valence-corrected chi connectivity index (χ4v) is 6.25. The molecule has 0 atom stereocenters. The first-order valence-corrected chi connectivity index (χ1v) is 12.5. The molecule has 29 heavy (non-hydrogen) atoms. The van der Waals surface area contributed by atoms with Gasteiger partial charge in [0.05, 0.1) is 11.1 Å². The van der Waals surface area contributed by atoms with Crippen molar-refractivity contribution in [2.45, 2.75) is 39.2 Å². The Labute approximate surface area is 176 Å². The summed E-state index contributed by atoms with van der Waals surface area (Å²) >= 11 is 1.62. The first-order valence-electron chi connectivity index (χ1n) is 10.0. The van der Waals surface area contributed by atoms with E-state index in [9.17, 15) is 8.42 Å². The van der Waals surface area contributed by atoms with Crippen LogP contribution in [0.25, 0.3) is 21.3 Å². The lowest BCUT2D eigenvalue weighted by atomic mass is 10.0. The summed E-state index contributed by atoms with van der Waals surface area (Å²) in [4.78, 5) is 9.93. The Morgan fingerprint density at radius 1 is 1.17 bits per heavy atom. The number of thiophene rings is 1. The number of aryl methyl sites for hydroxylation is 1. The number of aromatic nitrogens is 2. The Bertz CT molecular complexity index is 1090. The van der Waals surface area contributed by atoms with Crippen molar-refractivity contribution >= 4 is 37.4 Å². The number of sulfonamides is 1. The third-order valence-corrected chi connectivity index (χ3v) is 8.35. The maximum Gasteiger partial charge on any atom is 0.214 e. The molecule has 1 saturated heterocycles. The second-order valence-electron chi connectivity index (χ2n) is 7.55. The van der Waals surface area contributed by atoms with Crippen LogP contribution >= 0.6 is 11.3 Å². The van der Waals surface area contributed by atoms with Gasteiger partial charge in [0, 0.05) is 30.1 Å². The highest BCUT2D eigenvalue weighted by atomic mass is 32.2. The summed E-state index contributed by atoms with van der Waals surface area (Å²) in [5.74, 6) is 1.06. The third-order valence-electron chi connectivity index (χ3n) is 5.38. The molecule has 0 amide bonds. The monoisotopic (exact) mass is 430 g/mol. The van der Waals surface area contributed by atoms with E-state index in [1.807, 2.05) is 6.92 Å². The maximum absolute atomic E-state index is 12.3. The molecule has 1 N–H and O–H groups in total. The zero-order valence-electron chi connectivity index (χ0n) is 16.8. The summed E-state index contributed by atoms with van der Waals surface area (Å²) < 4.78 is 26.2. The molecule has 1 aromatic carbocycles. The molecule has 0 bridgehead atoms. The van der Waals surface area contributed by atoms with E-state index >= 15 is 0 Å². The van der Waals surface area contributed by atoms with E-state index in [1.165, 1.54) is 5.56 Å². The van der Waals surface area contributed by atoms with Gasteiger partial charge in [-0.05, 0) is 31.7 Å². The fourth-order valence-electron chi connectivity index (χ4n) is 3.79. The van der Waals surface area contributed by atoms with Crippen molar-refractivity contribution in [3.8, 4) is 11.1 Å². The SMILES string of the molecule is CCCS(=O)(=O)N1CCC(Nc2ncnc3scc(-c4ccc(C)cc4)c23)CC1. The summed E-state index contributed by atoms with van der Waals surface area (Å²) in [5, 5.41) is 6.75. The Morgan fingerprint density at radius 3 is 2.59 bits per heavy atom. The van der Waals surface area contributed by atoms with E-state index in [0.717, 1.165) is 40.0 Å². The third kappa shape index (κ3) is 4.29. The number of nitrogens with zero attached hydrogens (tertiary/aromatic N) is 3. The Morgan fingerprint density at radius 2 is 1.90 bits per heavy atom. The average molecular weight is 431 g/mol. The zero-order valence-corrected chi connectivity index (χ0v) is 18.4. The quantitative estimate of drug-likeness (QED) is 0.632. The first kappa shape index (κ1) is 20.3. The van der Waals surface area contributed by atoms with Gasteiger partial charge in [0.1, 0.15) is 17.0 Å². The van der Waals surface area contributed by atoms with Crippen LogP contribution in [0.4, 0.5) is 5.82 Å². The van der Waals surface area contributed by atoms with E-state index in [2.05, 4.69) is 51.9 Å². The Hall–Kier alpha value is -2.03. The lowest BCUT2D eigenvalue weighted by Gasteiger charge is -2.32. The number of rotatable bonds is 6. The first-order chi connectivity index (χ1) is 14.0. The topological polar surface area (TPSA) is 75.2 Å². The number of piperidine rings is 1. The van der Waals surface area contributed by atoms with Gasteiger partial charge in [0.2, 0.25) is 10.0 Å². The molecule has 0 spiro atoms. The van der Waals surface area contributed by atoms with Crippen molar-refractivity contribution in [1.82, 2.24) is 14.3 Å². The minimum absolute atomic E-state index is 0.201. The number of benzene rings is 1. The van der Waals surface area contributed by atoms with E-state index in [0.29, 0.717) is 19.5 Å². The van der Waals surface area contributed by atoms with Gasteiger partial charge in [-0.25, -0.2) is 22.7 Å².